The molecule has 3 rings (SSSR count). The average Bonchev–Trinajstić information content (AvgIpc) is 3.33. The summed E-state index contributed by atoms with van der Waals surface area (Å²) in [5.74, 6) is -0.0469. The molecule has 0 aromatic heterocycles. The van der Waals surface area contributed by atoms with E-state index >= 15 is 0 Å². The molecule has 0 heterocycles. The van der Waals surface area contributed by atoms with Gasteiger partial charge in [0.2, 0.25) is 11.8 Å². The second kappa shape index (κ2) is 12.7. The van der Waals surface area contributed by atoms with Crippen molar-refractivity contribution < 1.29 is 14.4 Å². The molecule has 1 aliphatic carbocycles. The number of anilines is 3. The first kappa shape index (κ1) is 25.2. The Balaban J connectivity index is 1.65. The first-order valence-electron chi connectivity index (χ1n) is 11.5. The summed E-state index contributed by atoms with van der Waals surface area (Å²) < 4.78 is 0. The number of carbonyl (C=O) groups is 3. The lowest BCUT2D eigenvalue weighted by molar-refractivity contribution is -0.118. The van der Waals surface area contributed by atoms with Gasteiger partial charge in [-0.05, 0) is 55.2 Å². The second-order valence-electron chi connectivity index (χ2n) is 8.33. The Bertz CT molecular complexity index is 1130. The molecule has 182 valence electrons. The van der Waals surface area contributed by atoms with Gasteiger partial charge in [-0.3, -0.25) is 14.9 Å². The zero-order valence-electron chi connectivity index (χ0n) is 19.3. The van der Waals surface area contributed by atoms with Gasteiger partial charge in [0.1, 0.15) is 0 Å². The first-order valence-corrected chi connectivity index (χ1v) is 11.5. The fourth-order valence-corrected chi connectivity index (χ4v) is 3.87. The van der Waals surface area contributed by atoms with Gasteiger partial charge in [0.15, 0.2) is 0 Å². The van der Waals surface area contributed by atoms with Crippen LogP contribution in [-0.4, -0.2) is 30.7 Å². The molecule has 0 atom stereocenters. The van der Waals surface area contributed by atoms with Crippen molar-refractivity contribution in [2.24, 2.45) is 16.6 Å². The summed E-state index contributed by atoms with van der Waals surface area (Å²) in [5.41, 5.74) is 7.75. The molecular weight excluding hydrogens is 446 g/mol. The van der Waals surface area contributed by atoms with E-state index < -0.39 is 11.9 Å². The van der Waals surface area contributed by atoms with Gasteiger partial charge in [-0.15, -0.1) is 0 Å². The number of aliphatic imine (C=N–C) groups is 1. The van der Waals surface area contributed by atoms with Crippen LogP contribution in [-0.2, 0) is 9.59 Å². The maximum absolute atomic E-state index is 12.4. The number of rotatable bonds is 10. The number of hydrogen-bond acceptors (Lipinski definition) is 6. The van der Waals surface area contributed by atoms with E-state index in [0.717, 1.165) is 12.8 Å². The van der Waals surface area contributed by atoms with Crippen LogP contribution < -0.4 is 27.0 Å². The van der Waals surface area contributed by atoms with Crippen LogP contribution in [0.1, 0.15) is 44.1 Å². The largest absolute Gasteiger partial charge is 0.383 e. The van der Waals surface area contributed by atoms with Gasteiger partial charge in [0.25, 0.3) is 0 Å². The number of nitriles is 1. The van der Waals surface area contributed by atoms with Crippen LogP contribution in [0, 0.1) is 17.2 Å². The fourth-order valence-electron chi connectivity index (χ4n) is 3.87. The number of carbonyl (C=O) groups excluding carboxylic acids is 3. The molecule has 2 aromatic carbocycles. The third-order valence-electron chi connectivity index (χ3n) is 5.57. The monoisotopic (exact) mass is 475 g/mol. The van der Waals surface area contributed by atoms with Crippen LogP contribution in [0.15, 0.2) is 47.5 Å². The lowest BCUT2D eigenvalue weighted by Gasteiger charge is -2.13. The Morgan fingerprint density at radius 1 is 1.09 bits per heavy atom. The topological polar surface area (TPSA) is 162 Å². The Morgan fingerprint density at radius 2 is 1.86 bits per heavy atom. The Labute approximate surface area is 204 Å². The number of urea groups is 1. The molecule has 10 nitrogen and oxygen atoms in total. The van der Waals surface area contributed by atoms with Crippen molar-refractivity contribution in [1.82, 2.24) is 5.32 Å². The van der Waals surface area contributed by atoms with Gasteiger partial charge in [-0.2, -0.15) is 5.26 Å². The van der Waals surface area contributed by atoms with Crippen LogP contribution in [0.4, 0.5) is 27.5 Å². The highest BCUT2D eigenvalue weighted by molar-refractivity contribution is 5.97. The minimum atomic E-state index is -0.534. The highest BCUT2D eigenvalue weighted by Gasteiger charge is 2.18. The summed E-state index contributed by atoms with van der Waals surface area (Å²) in [7, 11) is 0. The summed E-state index contributed by atoms with van der Waals surface area (Å²) in [6.07, 6.45) is 6.37. The van der Waals surface area contributed by atoms with Crippen molar-refractivity contribution in [3.05, 3.63) is 48.0 Å². The van der Waals surface area contributed by atoms with Crippen LogP contribution in [0.3, 0.4) is 0 Å². The minimum Gasteiger partial charge on any atom is -0.383 e. The Hall–Kier alpha value is -4.39. The van der Waals surface area contributed by atoms with Crippen LogP contribution in [0.5, 0.6) is 0 Å². The number of nitrogens with two attached hydrogens (primary N) is 1. The second-order valence-corrected chi connectivity index (χ2v) is 8.33. The third-order valence-corrected chi connectivity index (χ3v) is 5.57. The molecule has 0 bridgehead atoms. The van der Waals surface area contributed by atoms with E-state index in [1.54, 1.807) is 42.5 Å². The molecule has 1 fully saturated rings. The molecule has 0 spiro atoms. The standard InChI is InChI=1S/C25H29N7O3/c26-15-18-6-3-7-19(12-18)32-25(35)30-16-29-22-14-20(8-9-21(22)28-11-10-23(27)33)31-24(34)13-17-4-1-2-5-17/h3,6-9,12,14,16-17,28H,1-2,4-5,10-11,13H2,(H2,27,33)(H,31,34)(H2,29,30,32,35). The van der Waals surface area contributed by atoms with E-state index in [4.69, 9.17) is 11.0 Å². The van der Waals surface area contributed by atoms with Crippen molar-refractivity contribution in [2.75, 3.05) is 22.5 Å². The molecule has 4 amide bonds. The average molecular weight is 476 g/mol. The van der Waals surface area contributed by atoms with E-state index in [1.807, 2.05) is 6.07 Å². The number of benzene rings is 2. The van der Waals surface area contributed by atoms with Gasteiger partial charge in [0, 0.05) is 30.8 Å². The number of amides is 4. The molecule has 2 aromatic rings. The maximum Gasteiger partial charge on any atom is 0.324 e. The molecular formula is C25H29N7O3. The predicted octanol–water partition coefficient (Wildman–Crippen LogP) is 3.85. The van der Waals surface area contributed by atoms with Gasteiger partial charge in [-0.25, -0.2) is 9.79 Å². The van der Waals surface area contributed by atoms with Crippen LogP contribution in [0.25, 0.3) is 0 Å². The number of nitrogens with one attached hydrogen (secondary N) is 4. The number of primary amides is 1. The van der Waals surface area contributed by atoms with E-state index in [-0.39, 0.29) is 12.3 Å². The van der Waals surface area contributed by atoms with E-state index in [9.17, 15) is 14.4 Å². The third kappa shape index (κ3) is 8.47. The van der Waals surface area contributed by atoms with Crippen molar-refractivity contribution in [3.63, 3.8) is 0 Å². The molecule has 0 aliphatic heterocycles. The molecule has 10 heteroatoms. The lowest BCUT2D eigenvalue weighted by Crippen LogP contribution is -2.27. The van der Waals surface area contributed by atoms with Gasteiger partial charge in [0.05, 0.1) is 29.3 Å². The molecule has 35 heavy (non-hydrogen) atoms. The maximum atomic E-state index is 12.4. The summed E-state index contributed by atoms with van der Waals surface area (Å²) >= 11 is 0. The number of hydrogen-bond donors (Lipinski definition) is 5. The highest BCUT2D eigenvalue weighted by atomic mass is 16.2. The molecule has 1 saturated carbocycles. The molecule has 6 N–H and O–H groups in total. The Morgan fingerprint density at radius 3 is 2.60 bits per heavy atom. The van der Waals surface area contributed by atoms with E-state index in [2.05, 4.69) is 26.3 Å². The molecule has 0 unspecified atom stereocenters. The zero-order valence-corrected chi connectivity index (χ0v) is 19.3. The minimum absolute atomic E-state index is 0.0432. The zero-order chi connectivity index (χ0) is 25.0. The molecule has 0 radical (unpaired) electrons. The van der Waals surface area contributed by atoms with Crippen LogP contribution in [0.2, 0.25) is 0 Å². The van der Waals surface area contributed by atoms with Gasteiger partial charge in [-0.1, -0.05) is 18.9 Å². The quantitative estimate of drug-likeness (QED) is 0.260. The number of nitrogens with zero attached hydrogens (tertiary/aromatic N) is 2. The van der Waals surface area contributed by atoms with Crippen molar-refractivity contribution in [1.29, 1.82) is 5.26 Å². The molecule has 1 aliphatic rings. The van der Waals surface area contributed by atoms with Crippen molar-refractivity contribution in [3.8, 4) is 6.07 Å². The summed E-state index contributed by atoms with van der Waals surface area (Å²) in [5, 5.41) is 20.1. The summed E-state index contributed by atoms with van der Waals surface area (Å²) in [6.45, 7) is 0.314. The SMILES string of the molecule is N#Cc1cccc(NC(=O)NC=Nc2cc(NC(=O)CC3CCCC3)ccc2NCCC(N)=O)c1. The highest BCUT2D eigenvalue weighted by Crippen LogP contribution is 2.30. The van der Waals surface area contributed by atoms with E-state index in [0.29, 0.717) is 47.2 Å². The molecule has 0 saturated heterocycles. The summed E-state index contributed by atoms with van der Waals surface area (Å²) in [6, 6.07) is 13.2. The van der Waals surface area contributed by atoms with Gasteiger partial charge < -0.3 is 21.7 Å². The smallest absolute Gasteiger partial charge is 0.324 e. The van der Waals surface area contributed by atoms with E-state index in [1.165, 1.54) is 19.2 Å². The first-order chi connectivity index (χ1) is 16.9. The lowest BCUT2D eigenvalue weighted by atomic mass is 10.0. The van der Waals surface area contributed by atoms with Gasteiger partial charge >= 0.3 is 6.03 Å². The normalized spacial score (nSPS) is 13.2. The fraction of sp³-hybridized carbons (Fsp3) is 0.320. The van der Waals surface area contributed by atoms with Crippen molar-refractivity contribution in [2.45, 2.75) is 38.5 Å². The Kier molecular flexibility index (Phi) is 9.19. The van der Waals surface area contributed by atoms with Crippen LogP contribution >= 0.6 is 0 Å². The predicted molar refractivity (Wildman–Crippen MR) is 135 cm³/mol. The van der Waals surface area contributed by atoms with Crippen molar-refractivity contribution >= 4 is 46.9 Å². The summed E-state index contributed by atoms with van der Waals surface area (Å²) in [4.78, 5) is 40.0.